The Morgan fingerprint density at radius 3 is 2.89 bits per heavy atom. The van der Waals surface area contributed by atoms with E-state index in [9.17, 15) is 9.18 Å². The molecule has 0 saturated carbocycles. The molecule has 0 bridgehead atoms. The van der Waals surface area contributed by atoms with Gasteiger partial charge in [-0.1, -0.05) is 12.1 Å². The number of nitrogens with two attached hydrogens (primary N) is 1. The van der Waals surface area contributed by atoms with Crippen molar-refractivity contribution in [1.29, 1.82) is 0 Å². The van der Waals surface area contributed by atoms with E-state index >= 15 is 0 Å². The molecule has 1 amide bonds. The van der Waals surface area contributed by atoms with Crippen molar-refractivity contribution in [3.05, 3.63) is 53.7 Å². The summed E-state index contributed by atoms with van der Waals surface area (Å²) in [5, 5.41) is 0. The minimum atomic E-state index is -0.427. The minimum Gasteiger partial charge on any atom is -0.467 e. The first-order chi connectivity index (χ1) is 9.11. The van der Waals surface area contributed by atoms with Crippen LogP contribution in [0.3, 0.4) is 0 Å². The number of amides is 1. The Hall–Kier alpha value is -2.34. The van der Waals surface area contributed by atoms with Crippen molar-refractivity contribution in [3.63, 3.8) is 0 Å². The third-order valence-electron chi connectivity index (χ3n) is 2.70. The lowest BCUT2D eigenvalue weighted by atomic mass is 10.2. The molecule has 5 nitrogen and oxygen atoms in total. The van der Waals surface area contributed by atoms with Crippen molar-refractivity contribution in [1.82, 2.24) is 5.43 Å². The normalized spacial score (nSPS) is 10.3. The van der Waals surface area contributed by atoms with E-state index in [1.54, 1.807) is 36.2 Å². The molecule has 2 aromatic rings. The molecule has 0 aliphatic heterocycles. The number of furan rings is 1. The van der Waals surface area contributed by atoms with Gasteiger partial charge in [0.15, 0.2) is 0 Å². The van der Waals surface area contributed by atoms with Gasteiger partial charge in [0.25, 0.3) is 5.91 Å². The third-order valence-corrected chi connectivity index (χ3v) is 2.70. The molecule has 0 aliphatic carbocycles. The highest BCUT2D eigenvalue weighted by Gasteiger charge is 2.12. The maximum atomic E-state index is 13.6. The molecule has 0 saturated heterocycles. The quantitative estimate of drug-likeness (QED) is 0.500. The summed E-state index contributed by atoms with van der Waals surface area (Å²) in [5.74, 6) is 4.83. The number of hydrogen-bond donors (Lipinski definition) is 2. The second-order valence-electron chi connectivity index (χ2n) is 4.08. The van der Waals surface area contributed by atoms with Crippen molar-refractivity contribution in [2.75, 3.05) is 11.9 Å². The van der Waals surface area contributed by atoms with Gasteiger partial charge in [-0.25, -0.2) is 10.2 Å². The molecule has 6 heteroatoms. The first kappa shape index (κ1) is 13.1. The van der Waals surface area contributed by atoms with Gasteiger partial charge in [0.05, 0.1) is 17.8 Å². The zero-order chi connectivity index (χ0) is 13.8. The maximum absolute atomic E-state index is 13.6. The Balaban J connectivity index is 2.11. The lowest BCUT2D eigenvalue weighted by molar-refractivity contribution is 0.0953. The highest BCUT2D eigenvalue weighted by Crippen LogP contribution is 2.20. The SMILES string of the molecule is CN(Cc1cc(C(=O)NN)co1)c1ccccc1F. The third kappa shape index (κ3) is 2.92. The molecule has 1 aromatic carbocycles. The molecule has 0 aliphatic rings. The van der Waals surface area contributed by atoms with Gasteiger partial charge in [-0.15, -0.1) is 0 Å². The second-order valence-corrected chi connectivity index (χ2v) is 4.08. The number of hydrogen-bond acceptors (Lipinski definition) is 4. The summed E-state index contributed by atoms with van der Waals surface area (Å²) in [6.07, 6.45) is 1.31. The van der Waals surface area contributed by atoms with E-state index in [1.807, 2.05) is 5.43 Å². The number of rotatable bonds is 4. The predicted molar refractivity (Wildman–Crippen MR) is 68.9 cm³/mol. The highest BCUT2D eigenvalue weighted by atomic mass is 19.1. The van der Waals surface area contributed by atoms with Crippen LogP contribution in [0.4, 0.5) is 10.1 Å². The number of hydrazine groups is 1. The topological polar surface area (TPSA) is 71.5 Å². The zero-order valence-corrected chi connectivity index (χ0v) is 10.4. The first-order valence-electron chi connectivity index (χ1n) is 5.66. The predicted octanol–water partition coefficient (Wildman–Crippen LogP) is 1.66. The van der Waals surface area contributed by atoms with Crippen LogP contribution in [-0.4, -0.2) is 13.0 Å². The number of carbonyl (C=O) groups excluding carboxylic acids is 1. The fraction of sp³-hybridized carbons (Fsp3) is 0.154. The van der Waals surface area contributed by atoms with E-state index in [4.69, 9.17) is 10.3 Å². The minimum absolute atomic E-state index is 0.309. The monoisotopic (exact) mass is 263 g/mol. The molecule has 1 heterocycles. The van der Waals surface area contributed by atoms with Crippen LogP contribution in [0.1, 0.15) is 16.1 Å². The summed E-state index contributed by atoms with van der Waals surface area (Å²) >= 11 is 0. The lowest BCUT2D eigenvalue weighted by Crippen LogP contribution is -2.29. The standard InChI is InChI=1S/C13H14FN3O2/c1-17(12-5-3-2-4-11(12)14)7-10-6-9(8-19-10)13(18)16-15/h2-6,8H,7,15H2,1H3,(H,16,18). The van der Waals surface area contributed by atoms with Crippen molar-refractivity contribution < 1.29 is 13.6 Å². The lowest BCUT2D eigenvalue weighted by Gasteiger charge is -2.18. The molecule has 100 valence electrons. The van der Waals surface area contributed by atoms with Crippen LogP contribution >= 0.6 is 0 Å². The Labute approximate surface area is 109 Å². The van der Waals surface area contributed by atoms with Crippen LogP contribution in [0.15, 0.2) is 41.0 Å². The van der Waals surface area contributed by atoms with Crippen LogP contribution in [-0.2, 0) is 6.54 Å². The fourth-order valence-electron chi connectivity index (χ4n) is 1.75. The number of nitrogens with zero attached hydrogens (tertiary/aromatic N) is 1. The molecule has 3 N–H and O–H groups in total. The van der Waals surface area contributed by atoms with Gasteiger partial charge in [-0.05, 0) is 18.2 Å². The summed E-state index contributed by atoms with van der Waals surface area (Å²) in [6, 6.07) is 8.01. The Bertz CT molecular complexity index is 583. The number of halogens is 1. The molecule has 1 aromatic heterocycles. The summed E-state index contributed by atoms with van der Waals surface area (Å²) in [7, 11) is 1.74. The van der Waals surface area contributed by atoms with Gasteiger partial charge >= 0.3 is 0 Å². The summed E-state index contributed by atoms with van der Waals surface area (Å²) in [6.45, 7) is 0.346. The number of nitrogen functional groups attached to an aromatic ring is 1. The maximum Gasteiger partial charge on any atom is 0.268 e. The number of nitrogens with one attached hydrogen (secondary N) is 1. The van der Waals surface area contributed by atoms with Crippen LogP contribution in [0, 0.1) is 5.82 Å². The number of carbonyl (C=O) groups is 1. The first-order valence-corrected chi connectivity index (χ1v) is 5.66. The molecule has 0 radical (unpaired) electrons. The molecule has 0 atom stereocenters. The molecular formula is C13H14FN3O2. The molecule has 2 rings (SSSR count). The van der Waals surface area contributed by atoms with Crippen molar-refractivity contribution in [2.24, 2.45) is 5.84 Å². The zero-order valence-electron chi connectivity index (χ0n) is 10.4. The van der Waals surface area contributed by atoms with E-state index < -0.39 is 5.91 Å². The number of anilines is 1. The van der Waals surface area contributed by atoms with Crippen LogP contribution in [0.5, 0.6) is 0 Å². The summed E-state index contributed by atoms with van der Waals surface area (Å²) in [4.78, 5) is 13.0. The fourth-order valence-corrected chi connectivity index (χ4v) is 1.75. The Kier molecular flexibility index (Phi) is 3.82. The average molecular weight is 263 g/mol. The molecule has 19 heavy (non-hydrogen) atoms. The second kappa shape index (κ2) is 5.53. The van der Waals surface area contributed by atoms with Crippen molar-refractivity contribution >= 4 is 11.6 Å². The van der Waals surface area contributed by atoms with Crippen LogP contribution < -0.4 is 16.2 Å². The van der Waals surface area contributed by atoms with E-state index in [0.29, 0.717) is 23.6 Å². The van der Waals surface area contributed by atoms with Gasteiger partial charge in [-0.2, -0.15) is 0 Å². The van der Waals surface area contributed by atoms with Gasteiger partial charge in [0, 0.05) is 7.05 Å². The van der Waals surface area contributed by atoms with Gasteiger partial charge in [0.2, 0.25) is 0 Å². The highest BCUT2D eigenvalue weighted by molar-refractivity contribution is 5.93. The van der Waals surface area contributed by atoms with E-state index in [2.05, 4.69) is 0 Å². The van der Waals surface area contributed by atoms with E-state index in [1.165, 1.54) is 12.3 Å². The summed E-state index contributed by atoms with van der Waals surface area (Å²) < 4.78 is 18.8. The molecule has 0 fully saturated rings. The molecule has 0 spiro atoms. The smallest absolute Gasteiger partial charge is 0.268 e. The van der Waals surface area contributed by atoms with Gasteiger partial charge < -0.3 is 9.32 Å². The number of benzene rings is 1. The average Bonchev–Trinajstić information content (AvgIpc) is 2.86. The summed E-state index contributed by atoms with van der Waals surface area (Å²) in [5.41, 5.74) is 2.81. The number of para-hydroxylation sites is 1. The van der Waals surface area contributed by atoms with Gasteiger partial charge in [0.1, 0.15) is 17.8 Å². The van der Waals surface area contributed by atoms with Crippen molar-refractivity contribution in [2.45, 2.75) is 6.54 Å². The molecular weight excluding hydrogens is 249 g/mol. The van der Waals surface area contributed by atoms with Gasteiger partial charge in [-0.3, -0.25) is 10.2 Å². The Morgan fingerprint density at radius 2 is 2.21 bits per heavy atom. The van der Waals surface area contributed by atoms with Crippen molar-refractivity contribution in [3.8, 4) is 0 Å². The Morgan fingerprint density at radius 1 is 1.47 bits per heavy atom. The van der Waals surface area contributed by atoms with E-state index in [-0.39, 0.29) is 5.82 Å². The molecule has 0 unspecified atom stereocenters. The van der Waals surface area contributed by atoms with Crippen LogP contribution in [0.25, 0.3) is 0 Å². The largest absolute Gasteiger partial charge is 0.467 e. The van der Waals surface area contributed by atoms with Crippen LogP contribution in [0.2, 0.25) is 0 Å². The van der Waals surface area contributed by atoms with E-state index in [0.717, 1.165) is 0 Å².